The van der Waals surface area contributed by atoms with Gasteiger partial charge in [0.1, 0.15) is 24.7 Å². The van der Waals surface area contributed by atoms with Gasteiger partial charge in [-0.3, -0.25) is 4.79 Å². The minimum Gasteiger partial charge on any atom is -0.490 e. The summed E-state index contributed by atoms with van der Waals surface area (Å²) in [6, 6.07) is 35.3. The molecule has 6 rings (SSSR count). The van der Waals surface area contributed by atoms with Gasteiger partial charge in [0, 0.05) is 17.1 Å². The summed E-state index contributed by atoms with van der Waals surface area (Å²) in [4.78, 5) is 12.7. The van der Waals surface area contributed by atoms with Crippen molar-refractivity contribution in [3.05, 3.63) is 143 Å². The Hall–Kier alpha value is -5.76. The second kappa shape index (κ2) is 13.9. The van der Waals surface area contributed by atoms with Crippen LogP contribution in [0.15, 0.2) is 119 Å². The smallest absolute Gasteiger partial charge is 0.307 e. The highest BCUT2D eigenvalue weighted by Crippen LogP contribution is 2.30. The first kappa shape index (κ1) is 30.3. The van der Waals surface area contributed by atoms with Gasteiger partial charge in [-0.15, -0.1) is 0 Å². The molecule has 6 aromatic rings. The van der Waals surface area contributed by atoms with Gasteiger partial charge >= 0.3 is 5.91 Å². The average molecular weight is 614 g/mol. The van der Waals surface area contributed by atoms with E-state index in [0.29, 0.717) is 36.2 Å². The number of aromatic nitrogens is 1. The first-order chi connectivity index (χ1) is 22.5. The van der Waals surface area contributed by atoms with E-state index in [4.69, 9.17) is 18.6 Å². The van der Waals surface area contributed by atoms with Crippen molar-refractivity contribution in [3.63, 3.8) is 0 Å². The molecule has 0 atom stereocenters. The Morgan fingerprint density at radius 3 is 2.39 bits per heavy atom. The zero-order valence-electron chi connectivity index (χ0n) is 26.0. The molecular formula is C38H35N3O5. The van der Waals surface area contributed by atoms with Gasteiger partial charge in [-0.05, 0) is 109 Å². The Labute approximate surface area is 267 Å². The standard InChI is InChI=1S/C38H35N3O5/c1-4-43-37-22-28(14-20-35(37)45-24-30-10-7-9-29-8-5-6-11-34(29)30)23-39-40-38(42)36-21-19-33(46-36)25-44-32-17-15-31(16-18-32)41-26(2)12-13-27(41)3/h5-23H,4,24-25H2,1-3H3,(H,40,42)/b39-23+. The summed E-state index contributed by atoms with van der Waals surface area (Å²) in [5, 5.41) is 6.43. The highest BCUT2D eigenvalue weighted by atomic mass is 16.5. The molecule has 0 unspecified atom stereocenters. The summed E-state index contributed by atoms with van der Waals surface area (Å²) in [7, 11) is 0. The maximum absolute atomic E-state index is 12.7. The molecule has 4 aromatic carbocycles. The van der Waals surface area contributed by atoms with Crippen molar-refractivity contribution in [2.24, 2.45) is 5.10 Å². The number of hydrogen-bond acceptors (Lipinski definition) is 6. The fraction of sp³-hybridized carbons (Fsp3) is 0.158. The topological polar surface area (TPSA) is 87.2 Å². The summed E-state index contributed by atoms with van der Waals surface area (Å²) in [6.07, 6.45) is 1.54. The Balaban J connectivity index is 1.03. The van der Waals surface area contributed by atoms with Crippen LogP contribution in [0.25, 0.3) is 16.5 Å². The molecule has 2 aromatic heterocycles. The first-order valence-electron chi connectivity index (χ1n) is 15.1. The summed E-state index contributed by atoms with van der Waals surface area (Å²) in [5.74, 6) is 2.12. The van der Waals surface area contributed by atoms with Crippen molar-refractivity contribution in [3.8, 4) is 22.9 Å². The molecule has 0 spiro atoms. The third-order valence-corrected chi connectivity index (χ3v) is 7.54. The number of amides is 1. The molecule has 0 saturated carbocycles. The molecule has 1 N–H and O–H groups in total. The maximum atomic E-state index is 12.7. The highest BCUT2D eigenvalue weighted by Gasteiger charge is 2.12. The number of ether oxygens (including phenoxy) is 3. The Morgan fingerprint density at radius 2 is 1.59 bits per heavy atom. The maximum Gasteiger partial charge on any atom is 0.307 e. The SMILES string of the molecule is CCOc1cc(/C=N/NC(=O)c2ccc(COc3ccc(-n4c(C)ccc4C)cc3)o2)ccc1OCc1cccc2ccccc12. The third kappa shape index (κ3) is 6.97. The molecule has 2 heterocycles. The average Bonchev–Trinajstić information content (AvgIpc) is 3.69. The fourth-order valence-corrected chi connectivity index (χ4v) is 5.29. The largest absolute Gasteiger partial charge is 0.490 e. The predicted molar refractivity (Wildman–Crippen MR) is 179 cm³/mol. The van der Waals surface area contributed by atoms with Crippen LogP contribution in [0.3, 0.4) is 0 Å². The van der Waals surface area contributed by atoms with Gasteiger partial charge in [0.15, 0.2) is 17.3 Å². The minimum atomic E-state index is -0.468. The highest BCUT2D eigenvalue weighted by molar-refractivity contribution is 5.92. The van der Waals surface area contributed by atoms with Gasteiger partial charge in [0.2, 0.25) is 0 Å². The number of carbonyl (C=O) groups excluding carboxylic acids is 1. The summed E-state index contributed by atoms with van der Waals surface area (Å²) >= 11 is 0. The molecule has 0 aliphatic heterocycles. The van der Waals surface area contributed by atoms with Crippen molar-refractivity contribution in [1.29, 1.82) is 0 Å². The minimum absolute atomic E-state index is 0.136. The number of hydrazone groups is 1. The van der Waals surface area contributed by atoms with Crippen LogP contribution in [0.5, 0.6) is 17.2 Å². The van der Waals surface area contributed by atoms with Crippen LogP contribution in [-0.4, -0.2) is 23.3 Å². The lowest BCUT2D eigenvalue weighted by Crippen LogP contribution is -2.16. The number of rotatable bonds is 12. The van der Waals surface area contributed by atoms with Crippen molar-refractivity contribution in [2.75, 3.05) is 6.61 Å². The molecule has 8 nitrogen and oxygen atoms in total. The van der Waals surface area contributed by atoms with Gasteiger partial charge < -0.3 is 23.2 Å². The van der Waals surface area contributed by atoms with E-state index >= 15 is 0 Å². The second-order valence-electron chi connectivity index (χ2n) is 10.8. The van der Waals surface area contributed by atoms with E-state index in [1.54, 1.807) is 18.3 Å². The molecule has 1 amide bonds. The van der Waals surface area contributed by atoms with Gasteiger partial charge in [0.25, 0.3) is 0 Å². The number of aryl methyl sites for hydroxylation is 2. The van der Waals surface area contributed by atoms with Gasteiger partial charge in [-0.2, -0.15) is 5.10 Å². The number of furan rings is 1. The van der Waals surface area contributed by atoms with Crippen molar-refractivity contribution in [2.45, 2.75) is 34.0 Å². The molecule has 46 heavy (non-hydrogen) atoms. The van der Waals surface area contributed by atoms with E-state index in [0.717, 1.165) is 22.2 Å². The quantitative estimate of drug-likeness (QED) is 0.111. The molecule has 0 aliphatic rings. The van der Waals surface area contributed by atoms with Gasteiger partial charge in [0.05, 0.1) is 12.8 Å². The van der Waals surface area contributed by atoms with Crippen LogP contribution in [0.2, 0.25) is 0 Å². The van der Waals surface area contributed by atoms with Crippen molar-refractivity contribution in [1.82, 2.24) is 9.99 Å². The third-order valence-electron chi connectivity index (χ3n) is 7.54. The molecule has 0 saturated heterocycles. The lowest BCUT2D eigenvalue weighted by Gasteiger charge is -2.13. The molecule has 0 bridgehead atoms. The summed E-state index contributed by atoms with van der Waals surface area (Å²) < 4.78 is 25.7. The summed E-state index contributed by atoms with van der Waals surface area (Å²) in [5.41, 5.74) is 7.75. The molecule has 0 aliphatic carbocycles. The number of benzene rings is 4. The number of nitrogens with zero attached hydrogens (tertiary/aromatic N) is 2. The van der Waals surface area contributed by atoms with Crippen molar-refractivity contribution >= 4 is 22.9 Å². The molecular weight excluding hydrogens is 578 g/mol. The second-order valence-corrected chi connectivity index (χ2v) is 10.8. The Morgan fingerprint density at radius 1 is 0.804 bits per heavy atom. The molecule has 0 radical (unpaired) electrons. The van der Waals surface area contributed by atoms with Crippen LogP contribution in [0.4, 0.5) is 0 Å². The van der Waals surface area contributed by atoms with Crippen molar-refractivity contribution < 1.29 is 23.4 Å². The van der Waals surface area contributed by atoms with Gasteiger partial charge in [-0.25, -0.2) is 5.43 Å². The Kier molecular flexibility index (Phi) is 9.15. The van der Waals surface area contributed by atoms with Crippen LogP contribution in [-0.2, 0) is 13.2 Å². The number of fused-ring (bicyclic) bond motifs is 1. The van der Waals surface area contributed by atoms with Crippen LogP contribution in [0, 0.1) is 13.8 Å². The van der Waals surface area contributed by atoms with Crippen LogP contribution < -0.4 is 19.6 Å². The number of carbonyl (C=O) groups is 1. The van der Waals surface area contributed by atoms with E-state index in [1.807, 2.05) is 67.6 Å². The van der Waals surface area contributed by atoms with E-state index in [2.05, 4.69) is 65.3 Å². The molecule has 232 valence electrons. The number of hydrogen-bond donors (Lipinski definition) is 1. The molecule has 0 fully saturated rings. The monoisotopic (exact) mass is 613 g/mol. The van der Waals surface area contributed by atoms with E-state index < -0.39 is 5.91 Å². The number of nitrogens with one attached hydrogen (secondary N) is 1. The zero-order chi connectivity index (χ0) is 31.9. The van der Waals surface area contributed by atoms with Crippen LogP contribution in [0.1, 0.15) is 45.8 Å². The van der Waals surface area contributed by atoms with E-state index in [-0.39, 0.29) is 12.4 Å². The lowest BCUT2D eigenvalue weighted by atomic mass is 10.1. The van der Waals surface area contributed by atoms with Gasteiger partial charge in [-0.1, -0.05) is 42.5 Å². The fourth-order valence-electron chi connectivity index (χ4n) is 5.29. The van der Waals surface area contributed by atoms with E-state index in [1.165, 1.54) is 16.8 Å². The normalized spacial score (nSPS) is 11.2. The van der Waals surface area contributed by atoms with E-state index in [9.17, 15) is 4.79 Å². The predicted octanol–water partition coefficient (Wildman–Crippen LogP) is 8.16. The first-order valence-corrected chi connectivity index (χ1v) is 15.1. The van der Waals surface area contributed by atoms with Crippen LogP contribution >= 0.6 is 0 Å². The summed E-state index contributed by atoms with van der Waals surface area (Å²) in [6.45, 7) is 7.14. The zero-order valence-corrected chi connectivity index (χ0v) is 26.0. The lowest BCUT2D eigenvalue weighted by molar-refractivity contribution is 0.0923. The Bertz CT molecular complexity index is 1960. The molecule has 8 heteroatoms.